The summed E-state index contributed by atoms with van der Waals surface area (Å²) in [5.41, 5.74) is 0. The van der Waals surface area contributed by atoms with Crippen molar-refractivity contribution in [3.05, 3.63) is 24.3 Å². The minimum absolute atomic E-state index is 0.358. The van der Waals surface area contributed by atoms with Crippen LogP contribution in [0.1, 0.15) is 309 Å². The molecule has 0 aliphatic heterocycles. The average Bonchev–Trinajstić information content (AvgIpc) is 3.30. The van der Waals surface area contributed by atoms with Gasteiger partial charge in [0.2, 0.25) is 5.91 Å². The largest absolute Gasteiger partial charge is 0.394 e. The lowest BCUT2D eigenvalue weighted by atomic mass is 10.00. The number of hydrogen-bond donors (Lipinski definition) is 5. The Labute approximate surface area is 399 Å². The first-order valence-electron chi connectivity index (χ1n) is 28.7. The second-order valence-electron chi connectivity index (χ2n) is 20.0. The zero-order chi connectivity index (χ0) is 46.7. The third-order valence-corrected chi connectivity index (χ3v) is 13.6. The van der Waals surface area contributed by atoms with E-state index in [1.807, 2.05) is 0 Å². The first-order valence-corrected chi connectivity index (χ1v) is 28.7. The molecule has 0 saturated carbocycles. The summed E-state index contributed by atoms with van der Waals surface area (Å²) >= 11 is 0. The van der Waals surface area contributed by atoms with E-state index in [4.69, 9.17) is 0 Å². The van der Waals surface area contributed by atoms with Crippen molar-refractivity contribution < 1.29 is 25.2 Å². The molecule has 0 aromatic rings. The van der Waals surface area contributed by atoms with E-state index in [0.29, 0.717) is 12.8 Å². The molecule has 380 valence electrons. The van der Waals surface area contributed by atoms with E-state index < -0.39 is 36.9 Å². The van der Waals surface area contributed by atoms with Crippen molar-refractivity contribution in [1.29, 1.82) is 0 Å². The van der Waals surface area contributed by atoms with Gasteiger partial charge >= 0.3 is 0 Å². The monoisotopic (exact) mass is 904 g/mol. The van der Waals surface area contributed by atoms with Gasteiger partial charge in [-0.1, -0.05) is 269 Å². The lowest BCUT2D eigenvalue weighted by molar-refractivity contribution is -0.132. The molecule has 0 aliphatic carbocycles. The van der Waals surface area contributed by atoms with E-state index in [-0.39, 0.29) is 0 Å². The molecular weight excluding hydrogens is 791 g/mol. The Morgan fingerprint density at radius 1 is 0.375 bits per heavy atom. The topological polar surface area (TPSA) is 110 Å². The highest BCUT2D eigenvalue weighted by Crippen LogP contribution is 2.18. The van der Waals surface area contributed by atoms with Gasteiger partial charge in [0.1, 0.15) is 12.2 Å². The van der Waals surface area contributed by atoms with Crippen molar-refractivity contribution in [2.24, 2.45) is 0 Å². The Bertz CT molecular complexity index is 970. The van der Waals surface area contributed by atoms with Gasteiger partial charge in [0, 0.05) is 0 Å². The summed E-state index contributed by atoms with van der Waals surface area (Å²) in [5.74, 6) is -0.594. The molecular formula is C58H113NO5. The number of allylic oxidation sites excluding steroid dienone is 4. The third kappa shape index (κ3) is 45.9. The van der Waals surface area contributed by atoms with Crippen molar-refractivity contribution in [3.8, 4) is 0 Å². The van der Waals surface area contributed by atoms with Crippen molar-refractivity contribution >= 4 is 5.91 Å². The van der Waals surface area contributed by atoms with Crippen LogP contribution in [0.3, 0.4) is 0 Å². The van der Waals surface area contributed by atoms with Crippen molar-refractivity contribution in [2.75, 3.05) is 6.61 Å². The highest BCUT2D eigenvalue weighted by Gasteiger charge is 2.28. The molecule has 0 spiro atoms. The number of carbonyl (C=O) groups is 1. The van der Waals surface area contributed by atoms with E-state index >= 15 is 0 Å². The van der Waals surface area contributed by atoms with E-state index in [9.17, 15) is 25.2 Å². The fraction of sp³-hybridized carbons (Fsp3) is 0.914. The highest BCUT2D eigenvalue weighted by molar-refractivity contribution is 5.80. The van der Waals surface area contributed by atoms with Crippen molar-refractivity contribution in [2.45, 2.75) is 334 Å². The molecule has 0 saturated heterocycles. The van der Waals surface area contributed by atoms with Crippen LogP contribution in [0.2, 0.25) is 0 Å². The summed E-state index contributed by atoms with van der Waals surface area (Å²) in [6.45, 7) is 4.08. The molecule has 6 heteroatoms. The number of aliphatic hydroxyl groups is 4. The summed E-state index contributed by atoms with van der Waals surface area (Å²) in [4.78, 5) is 12.6. The van der Waals surface area contributed by atoms with Gasteiger partial charge in [0.25, 0.3) is 0 Å². The SMILES string of the molecule is CCCCCCCCCCCCCC/C=C\CCCCCCCCC(O)C(=O)NC(CO)C(O)C(O)CCC/C=C/CCCCCCCCCCCCCCCCCCCCCCC. The van der Waals surface area contributed by atoms with Crippen LogP contribution < -0.4 is 5.32 Å². The number of carbonyl (C=O) groups excluding carboxylic acids is 1. The maximum absolute atomic E-state index is 12.6. The molecule has 6 nitrogen and oxygen atoms in total. The molecule has 0 aliphatic rings. The molecule has 0 aromatic heterocycles. The third-order valence-electron chi connectivity index (χ3n) is 13.6. The Kier molecular flexibility index (Phi) is 51.8. The van der Waals surface area contributed by atoms with Crippen LogP contribution in [0, 0.1) is 0 Å². The number of aliphatic hydroxyl groups excluding tert-OH is 4. The van der Waals surface area contributed by atoms with Crippen LogP contribution >= 0.6 is 0 Å². The number of nitrogens with one attached hydrogen (secondary N) is 1. The van der Waals surface area contributed by atoms with Gasteiger partial charge in [-0.05, 0) is 64.2 Å². The zero-order valence-corrected chi connectivity index (χ0v) is 43.0. The molecule has 0 radical (unpaired) electrons. The second kappa shape index (κ2) is 52.8. The molecule has 0 aromatic carbocycles. The van der Waals surface area contributed by atoms with Gasteiger partial charge in [-0.25, -0.2) is 0 Å². The molecule has 0 heterocycles. The lowest BCUT2D eigenvalue weighted by Gasteiger charge is -2.27. The predicted molar refractivity (Wildman–Crippen MR) is 279 cm³/mol. The Hall–Kier alpha value is -1.21. The first kappa shape index (κ1) is 62.8. The number of unbranched alkanes of at least 4 members (excludes halogenated alkanes) is 40. The van der Waals surface area contributed by atoms with E-state index in [2.05, 4.69) is 43.5 Å². The molecule has 0 bridgehead atoms. The minimum Gasteiger partial charge on any atom is -0.394 e. The summed E-state index contributed by atoms with van der Waals surface area (Å²) < 4.78 is 0. The minimum atomic E-state index is -1.28. The van der Waals surface area contributed by atoms with Crippen LogP contribution in [0.15, 0.2) is 24.3 Å². The van der Waals surface area contributed by atoms with Crippen LogP contribution in [0.5, 0.6) is 0 Å². The summed E-state index contributed by atoms with van der Waals surface area (Å²) in [7, 11) is 0. The predicted octanol–water partition coefficient (Wildman–Crippen LogP) is 16.6. The standard InChI is InChI=1S/C58H113NO5/c1-3-5-7-9-11-13-15-17-19-21-23-25-27-28-29-30-32-33-35-37-39-41-43-45-47-49-51-55(61)57(63)54(53-60)59-58(64)56(62)52-50-48-46-44-42-40-38-36-34-31-26-24-22-20-18-16-14-12-10-8-6-4-2/h34,36,43,45,54-57,60-63H,3-33,35,37-42,44,46-53H2,1-2H3,(H,59,64)/b36-34-,45-43+. The van der Waals surface area contributed by atoms with Gasteiger partial charge in [0.05, 0.1) is 18.8 Å². The maximum Gasteiger partial charge on any atom is 0.249 e. The fourth-order valence-electron chi connectivity index (χ4n) is 9.11. The molecule has 5 N–H and O–H groups in total. The maximum atomic E-state index is 12.6. The van der Waals surface area contributed by atoms with Gasteiger partial charge in [0.15, 0.2) is 0 Å². The fourth-order valence-corrected chi connectivity index (χ4v) is 9.11. The van der Waals surface area contributed by atoms with E-state index in [0.717, 1.165) is 44.9 Å². The molecule has 0 rings (SSSR count). The number of amides is 1. The van der Waals surface area contributed by atoms with E-state index in [1.54, 1.807) is 0 Å². The first-order chi connectivity index (χ1) is 31.5. The van der Waals surface area contributed by atoms with Crippen LogP contribution in [-0.4, -0.2) is 57.3 Å². The Morgan fingerprint density at radius 2 is 0.641 bits per heavy atom. The van der Waals surface area contributed by atoms with Crippen LogP contribution in [0.25, 0.3) is 0 Å². The average molecular weight is 905 g/mol. The molecule has 1 amide bonds. The van der Waals surface area contributed by atoms with Gasteiger partial charge in [-0.3, -0.25) is 4.79 Å². The number of rotatable bonds is 53. The van der Waals surface area contributed by atoms with Crippen LogP contribution in [0.4, 0.5) is 0 Å². The Balaban J connectivity index is 3.65. The van der Waals surface area contributed by atoms with E-state index in [1.165, 1.54) is 238 Å². The highest BCUT2D eigenvalue weighted by atomic mass is 16.3. The second-order valence-corrected chi connectivity index (χ2v) is 20.0. The zero-order valence-electron chi connectivity index (χ0n) is 43.0. The summed E-state index contributed by atoms with van der Waals surface area (Å²) in [6, 6.07) is -1.00. The summed E-state index contributed by atoms with van der Waals surface area (Å²) in [5, 5.41) is 44.0. The smallest absolute Gasteiger partial charge is 0.249 e. The van der Waals surface area contributed by atoms with Crippen molar-refractivity contribution in [3.63, 3.8) is 0 Å². The van der Waals surface area contributed by atoms with Crippen LogP contribution in [-0.2, 0) is 4.79 Å². The number of hydrogen-bond acceptors (Lipinski definition) is 5. The van der Waals surface area contributed by atoms with Gasteiger partial charge in [-0.15, -0.1) is 0 Å². The quantitative estimate of drug-likeness (QED) is 0.0308. The van der Waals surface area contributed by atoms with Crippen molar-refractivity contribution in [1.82, 2.24) is 5.32 Å². The molecule has 64 heavy (non-hydrogen) atoms. The normalized spacial score (nSPS) is 13.9. The van der Waals surface area contributed by atoms with Gasteiger partial charge in [-0.2, -0.15) is 0 Å². The molecule has 4 atom stereocenters. The summed E-state index contributed by atoms with van der Waals surface area (Å²) in [6.07, 6.45) is 64.0. The Morgan fingerprint density at radius 3 is 0.938 bits per heavy atom. The molecule has 0 fully saturated rings. The van der Waals surface area contributed by atoms with Gasteiger partial charge < -0.3 is 25.7 Å². The molecule has 4 unspecified atom stereocenters. The lowest BCUT2D eigenvalue weighted by Crippen LogP contribution is -2.53.